The molecule has 0 saturated heterocycles. The van der Waals surface area contributed by atoms with Crippen LogP contribution >= 0.6 is 11.6 Å². The van der Waals surface area contributed by atoms with Crippen LogP contribution in [0.5, 0.6) is 5.75 Å². The van der Waals surface area contributed by atoms with E-state index in [1.165, 1.54) is 16.3 Å². The number of rotatable bonds is 4. The average Bonchev–Trinajstić information content (AvgIpc) is 2.32. The molecular weight excluding hydrogens is 232 g/mol. The lowest BCUT2D eigenvalue weighted by Gasteiger charge is -2.14. The molecule has 1 unspecified atom stereocenters. The third-order valence-electron chi connectivity index (χ3n) is 2.78. The van der Waals surface area contributed by atoms with Gasteiger partial charge in [-0.15, -0.1) is 11.6 Å². The van der Waals surface area contributed by atoms with Crippen LogP contribution < -0.4 is 4.74 Å². The fraction of sp³-hybridized carbons (Fsp3) is 0.333. The maximum atomic E-state index is 6.13. The first-order valence-corrected chi connectivity index (χ1v) is 6.43. The second-order valence-corrected chi connectivity index (χ2v) is 4.93. The van der Waals surface area contributed by atoms with Gasteiger partial charge in [0.05, 0.1) is 6.61 Å². The molecule has 2 aromatic carbocycles. The zero-order valence-electron chi connectivity index (χ0n) is 10.2. The van der Waals surface area contributed by atoms with Crippen LogP contribution in [0.4, 0.5) is 0 Å². The summed E-state index contributed by atoms with van der Waals surface area (Å²) < 4.78 is 5.69. The van der Waals surface area contributed by atoms with Crippen molar-refractivity contribution in [1.29, 1.82) is 0 Å². The lowest BCUT2D eigenvalue weighted by atomic mass is 10.00. The topological polar surface area (TPSA) is 9.23 Å². The second-order valence-electron chi connectivity index (χ2n) is 4.18. The molecule has 90 valence electrons. The number of fused-ring (bicyclic) bond motifs is 1. The van der Waals surface area contributed by atoms with E-state index < -0.39 is 0 Å². The van der Waals surface area contributed by atoms with Crippen LogP contribution in [0.1, 0.15) is 19.4 Å². The molecule has 2 heteroatoms. The Morgan fingerprint density at radius 2 is 1.94 bits per heavy atom. The minimum atomic E-state index is 0.111. The molecule has 1 atom stereocenters. The maximum Gasteiger partial charge on any atom is 0.123 e. The third-order valence-corrected chi connectivity index (χ3v) is 2.94. The number of hydrogen-bond donors (Lipinski definition) is 0. The molecule has 0 aliphatic carbocycles. The van der Waals surface area contributed by atoms with E-state index in [9.17, 15) is 0 Å². The summed E-state index contributed by atoms with van der Waals surface area (Å²) >= 11 is 6.13. The van der Waals surface area contributed by atoms with Crippen LogP contribution in [0.2, 0.25) is 0 Å². The maximum absolute atomic E-state index is 6.13. The average molecular weight is 249 g/mol. The summed E-state index contributed by atoms with van der Waals surface area (Å²) in [5.41, 5.74) is 1.22. The van der Waals surface area contributed by atoms with Crippen molar-refractivity contribution in [2.24, 2.45) is 0 Å². The van der Waals surface area contributed by atoms with Crippen molar-refractivity contribution in [2.75, 3.05) is 6.61 Å². The predicted octanol–water partition coefficient (Wildman–Crippen LogP) is 4.41. The molecule has 0 heterocycles. The molecule has 0 saturated carbocycles. The normalized spacial score (nSPS) is 12.6. The van der Waals surface area contributed by atoms with Crippen molar-refractivity contribution in [3.8, 4) is 5.75 Å². The molecule has 0 bridgehead atoms. The summed E-state index contributed by atoms with van der Waals surface area (Å²) in [5, 5.41) is 2.59. The molecule has 2 rings (SSSR count). The number of halogens is 1. The Bertz CT molecular complexity index is 505. The Morgan fingerprint density at radius 3 is 2.65 bits per heavy atom. The van der Waals surface area contributed by atoms with E-state index in [1.807, 2.05) is 19.9 Å². The molecular formula is C15H17ClO. The van der Waals surface area contributed by atoms with Gasteiger partial charge in [0, 0.05) is 10.9 Å². The number of hydrogen-bond acceptors (Lipinski definition) is 1. The Morgan fingerprint density at radius 1 is 1.18 bits per heavy atom. The third kappa shape index (κ3) is 2.73. The highest BCUT2D eigenvalue weighted by atomic mass is 35.5. The van der Waals surface area contributed by atoms with E-state index in [-0.39, 0.29) is 5.38 Å². The minimum Gasteiger partial charge on any atom is -0.494 e. The smallest absolute Gasteiger partial charge is 0.123 e. The lowest BCUT2D eigenvalue weighted by molar-refractivity contribution is 0.337. The van der Waals surface area contributed by atoms with Gasteiger partial charge >= 0.3 is 0 Å². The largest absolute Gasteiger partial charge is 0.494 e. The van der Waals surface area contributed by atoms with Crippen molar-refractivity contribution in [1.82, 2.24) is 0 Å². The van der Waals surface area contributed by atoms with E-state index >= 15 is 0 Å². The van der Waals surface area contributed by atoms with Crippen LogP contribution in [0.25, 0.3) is 10.8 Å². The summed E-state index contributed by atoms with van der Waals surface area (Å²) in [5.74, 6) is 0.957. The summed E-state index contributed by atoms with van der Waals surface area (Å²) in [7, 11) is 0. The van der Waals surface area contributed by atoms with Gasteiger partial charge in [0.25, 0.3) is 0 Å². The van der Waals surface area contributed by atoms with Gasteiger partial charge in [0.1, 0.15) is 5.75 Å². The van der Waals surface area contributed by atoms with Gasteiger partial charge < -0.3 is 4.74 Å². The van der Waals surface area contributed by atoms with E-state index in [0.717, 1.165) is 12.2 Å². The zero-order chi connectivity index (χ0) is 12.3. The van der Waals surface area contributed by atoms with E-state index in [4.69, 9.17) is 16.3 Å². The van der Waals surface area contributed by atoms with Crippen LogP contribution in [0.15, 0.2) is 36.4 Å². The van der Waals surface area contributed by atoms with Crippen molar-refractivity contribution < 1.29 is 4.74 Å². The van der Waals surface area contributed by atoms with Crippen molar-refractivity contribution in [3.05, 3.63) is 42.0 Å². The molecule has 1 nitrogen and oxygen atoms in total. The van der Waals surface area contributed by atoms with Gasteiger partial charge in [-0.05, 0) is 37.1 Å². The van der Waals surface area contributed by atoms with Gasteiger partial charge in [0.15, 0.2) is 0 Å². The van der Waals surface area contributed by atoms with Gasteiger partial charge in [-0.25, -0.2) is 0 Å². The summed E-state index contributed by atoms with van der Waals surface area (Å²) in [6.45, 7) is 4.70. The highest BCUT2D eigenvalue weighted by Crippen LogP contribution is 2.30. The van der Waals surface area contributed by atoms with Gasteiger partial charge in [0.2, 0.25) is 0 Å². The minimum absolute atomic E-state index is 0.111. The monoisotopic (exact) mass is 248 g/mol. The molecule has 17 heavy (non-hydrogen) atoms. The van der Waals surface area contributed by atoms with Crippen LogP contribution in [0, 0.1) is 0 Å². The molecule has 2 aromatic rings. The molecule has 0 radical (unpaired) electrons. The van der Waals surface area contributed by atoms with Crippen LogP contribution in [-0.2, 0) is 6.42 Å². The summed E-state index contributed by atoms with van der Waals surface area (Å²) in [4.78, 5) is 0. The quantitative estimate of drug-likeness (QED) is 0.729. The molecule has 0 aromatic heterocycles. The summed E-state index contributed by atoms with van der Waals surface area (Å²) in [6.07, 6.45) is 0.832. The molecule has 0 fully saturated rings. The summed E-state index contributed by atoms with van der Waals surface area (Å²) in [6, 6.07) is 12.5. The number of alkyl halides is 1. The van der Waals surface area contributed by atoms with Gasteiger partial charge in [-0.1, -0.05) is 30.3 Å². The van der Waals surface area contributed by atoms with Crippen LogP contribution in [-0.4, -0.2) is 12.0 Å². The zero-order valence-corrected chi connectivity index (χ0v) is 11.0. The van der Waals surface area contributed by atoms with E-state index in [0.29, 0.717) is 6.61 Å². The second kappa shape index (κ2) is 5.42. The molecule has 0 aliphatic heterocycles. The highest BCUT2D eigenvalue weighted by Gasteiger charge is 2.10. The highest BCUT2D eigenvalue weighted by molar-refractivity contribution is 6.20. The van der Waals surface area contributed by atoms with Crippen molar-refractivity contribution in [3.63, 3.8) is 0 Å². The van der Waals surface area contributed by atoms with Crippen molar-refractivity contribution >= 4 is 22.4 Å². The molecule has 0 N–H and O–H groups in total. The Kier molecular flexibility index (Phi) is 3.90. The molecule has 0 spiro atoms. The van der Waals surface area contributed by atoms with Crippen LogP contribution in [0.3, 0.4) is 0 Å². The SMILES string of the molecule is CCOc1ccc2ccccc2c1CC(C)Cl. The Labute approximate surface area is 107 Å². The van der Waals surface area contributed by atoms with E-state index in [1.54, 1.807) is 0 Å². The molecule has 0 amide bonds. The van der Waals surface area contributed by atoms with Gasteiger partial charge in [-0.3, -0.25) is 0 Å². The first kappa shape index (κ1) is 12.3. The van der Waals surface area contributed by atoms with E-state index in [2.05, 4.69) is 30.3 Å². The first-order chi connectivity index (χ1) is 8.22. The van der Waals surface area contributed by atoms with Gasteiger partial charge in [-0.2, -0.15) is 0 Å². The standard InChI is InChI=1S/C15H17ClO/c1-3-17-15-9-8-12-6-4-5-7-13(12)14(15)10-11(2)16/h4-9,11H,3,10H2,1-2H3. The Balaban J connectivity index is 2.57. The lowest BCUT2D eigenvalue weighted by Crippen LogP contribution is -2.03. The van der Waals surface area contributed by atoms with Crippen molar-refractivity contribution in [2.45, 2.75) is 25.6 Å². The fourth-order valence-electron chi connectivity index (χ4n) is 2.10. The molecule has 0 aliphatic rings. The number of ether oxygens (including phenoxy) is 1. The Hall–Kier alpha value is -1.21. The first-order valence-electron chi connectivity index (χ1n) is 6.00. The number of benzene rings is 2. The predicted molar refractivity (Wildman–Crippen MR) is 74.1 cm³/mol. The fourth-order valence-corrected chi connectivity index (χ4v) is 2.25.